The largest absolute Gasteiger partial charge is 0.360 e. The molecule has 0 atom stereocenters. The molecule has 10 heteroatoms. The van der Waals surface area contributed by atoms with E-state index in [1.54, 1.807) is 19.9 Å². The summed E-state index contributed by atoms with van der Waals surface area (Å²) < 4.78 is 46.3. The maximum absolute atomic E-state index is 14.4. The summed E-state index contributed by atoms with van der Waals surface area (Å²) in [5, 5.41) is 6.52. The molecule has 0 spiro atoms. The first-order valence-corrected chi connectivity index (χ1v) is 11.3. The first-order valence-electron chi connectivity index (χ1n) is 9.52. The van der Waals surface area contributed by atoms with Gasteiger partial charge in [-0.1, -0.05) is 42.7 Å². The molecule has 0 saturated heterocycles. The number of halogens is 2. The number of benzene rings is 2. The van der Waals surface area contributed by atoms with Gasteiger partial charge in [-0.15, -0.1) is 0 Å². The van der Waals surface area contributed by atoms with Gasteiger partial charge in [0.1, 0.15) is 22.8 Å². The molecular formula is C21H21ClFN3O4S. The third-order valence-corrected chi connectivity index (χ3v) is 7.09. The van der Waals surface area contributed by atoms with Crippen LogP contribution in [0.25, 0.3) is 11.3 Å². The van der Waals surface area contributed by atoms with Gasteiger partial charge in [0, 0.05) is 18.8 Å². The average Bonchev–Trinajstić information content (AvgIpc) is 3.10. The number of amides is 1. The Morgan fingerprint density at radius 2 is 1.87 bits per heavy atom. The molecule has 0 aliphatic carbocycles. The minimum Gasteiger partial charge on any atom is -0.360 e. The Morgan fingerprint density at radius 1 is 1.19 bits per heavy atom. The summed E-state index contributed by atoms with van der Waals surface area (Å²) in [5.74, 6) is -1.12. The summed E-state index contributed by atoms with van der Waals surface area (Å²) in [6.07, 6.45) is 0. The van der Waals surface area contributed by atoms with E-state index in [0.29, 0.717) is 13.1 Å². The Morgan fingerprint density at radius 3 is 2.52 bits per heavy atom. The van der Waals surface area contributed by atoms with Gasteiger partial charge in [-0.05, 0) is 37.3 Å². The van der Waals surface area contributed by atoms with Crippen molar-refractivity contribution in [2.75, 3.05) is 18.4 Å². The topological polar surface area (TPSA) is 92.5 Å². The molecule has 0 bridgehead atoms. The molecule has 0 fully saturated rings. The summed E-state index contributed by atoms with van der Waals surface area (Å²) >= 11 is 6.11. The molecule has 1 N–H and O–H groups in total. The number of hydrogen-bond donors (Lipinski definition) is 1. The second-order valence-corrected chi connectivity index (χ2v) is 8.98. The van der Waals surface area contributed by atoms with Gasteiger partial charge in [-0.2, -0.15) is 4.31 Å². The van der Waals surface area contributed by atoms with Crippen molar-refractivity contribution in [1.82, 2.24) is 9.46 Å². The fraction of sp³-hybridized carbons (Fsp3) is 0.238. The van der Waals surface area contributed by atoms with Gasteiger partial charge in [0.15, 0.2) is 0 Å². The molecule has 3 aromatic rings. The first kappa shape index (κ1) is 22.9. The number of aromatic nitrogens is 1. The van der Waals surface area contributed by atoms with E-state index >= 15 is 0 Å². The van der Waals surface area contributed by atoms with E-state index in [4.69, 9.17) is 16.1 Å². The monoisotopic (exact) mass is 465 g/mol. The third kappa shape index (κ3) is 4.48. The fourth-order valence-electron chi connectivity index (χ4n) is 3.17. The van der Waals surface area contributed by atoms with Crippen molar-refractivity contribution in [1.29, 1.82) is 0 Å². The van der Waals surface area contributed by atoms with Crippen molar-refractivity contribution >= 4 is 33.2 Å². The van der Waals surface area contributed by atoms with E-state index in [1.807, 2.05) is 0 Å². The SMILES string of the molecule is CCN(CC)S(=O)(=O)c1cccc(NC(=O)c2c(-c3c(F)cccc3Cl)noc2C)c1. The molecule has 7 nitrogen and oxygen atoms in total. The van der Waals surface area contributed by atoms with Crippen LogP contribution in [0.5, 0.6) is 0 Å². The van der Waals surface area contributed by atoms with E-state index < -0.39 is 21.7 Å². The van der Waals surface area contributed by atoms with Crippen LogP contribution < -0.4 is 5.32 Å². The number of anilines is 1. The zero-order valence-electron chi connectivity index (χ0n) is 17.1. The summed E-state index contributed by atoms with van der Waals surface area (Å²) in [6.45, 7) is 5.65. The van der Waals surface area contributed by atoms with Crippen molar-refractivity contribution in [3.63, 3.8) is 0 Å². The van der Waals surface area contributed by atoms with Gasteiger partial charge in [0.05, 0.1) is 15.5 Å². The normalized spacial score (nSPS) is 11.7. The van der Waals surface area contributed by atoms with Gasteiger partial charge in [-0.25, -0.2) is 12.8 Å². The average molecular weight is 466 g/mol. The molecule has 2 aromatic carbocycles. The Kier molecular flexibility index (Phi) is 6.78. The number of rotatable bonds is 7. The highest BCUT2D eigenvalue weighted by Crippen LogP contribution is 2.34. The van der Waals surface area contributed by atoms with E-state index in [0.717, 1.165) is 0 Å². The molecule has 0 aliphatic heterocycles. The summed E-state index contributed by atoms with van der Waals surface area (Å²) in [5.41, 5.74) is 0.169. The molecule has 1 heterocycles. The van der Waals surface area contributed by atoms with Gasteiger partial charge < -0.3 is 9.84 Å². The van der Waals surface area contributed by atoms with E-state index in [2.05, 4.69) is 10.5 Å². The number of carbonyl (C=O) groups excluding carboxylic acids is 1. The van der Waals surface area contributed by atoms with E-state index in [1.165, 1.54) is 47.6 Å². The molecule has 3 rings (SSSR count). The molecule has 1 amide bonds. The van der Waals surface area contributed by atoms with Crippen LogP contribution >= 0.6 is 11.6 Å². The Hall–Kier alpha value is -2.75. The fourth-order valence-corrected chi connectivity index (χ4v) is 4.93. The number of hydrogen-bond acceptors (Lipinski definition) is 5. The molecule has 31 heavy (non-hydrogen) atoms. The lowest BCUT2D eigenvalue weighted by Crippen LogP contribution is -2.30. The van der Waals surface area contributed by atoms with Crippen LogP contribution in [0.1, 0.15) is 30.0 Å². The highest BCUT2D eigenvalue weighted by atomic mass is 35.5. The molecular weight excluding hydrogens is 445 g/mol. The summed E-state index contributed by atoms with van der Waals surface area (Å²) in [4.78, 5) is 13.0. The molecule has 0 radical (unpaired) electrons. The molecule has 164 valence electrons. The molecule has 0 aliphatic rings. The van der Waals surface area contributed by atoms with Crippen LogP contribution in [0, 0.1) is 12.7 Å². The van der Waals surface area contributed by atoms with Crippen molar-refractivity contribution in [3.05, 3.63) is 64.6 Å². The predicted molar refractivity (Wildman–Crippen MR) is 116 cm³/mol. The lowest BCUT2D eigenvalue weighted by atomic mass is 10.0. The van der Waals surface area contributed by atoms with Crippen LogP contribution in [0.4, 0.5) is 10.1 Å². The number of nitrogens with one attached hydrogen (secondary N) is 1. The van der Waals surface area contributed by atoms with Gasteiger partial charge in [-0.3, -0.25) is 4.79 Å². The zero-order chi connectivity index (χ0) is 22.8. The molecule has 0 saturated carbocycles. The van der Waals surface area contributed by atoms with Crippen molar-refractivity contribution in [3.8, 4) is 11.3 Å². The summed E-state index contributed by atoms with van der Waals surface area (Å²) in [6, 6.07) is 10.0. The molecule has 1 aromatic heterocycles. The zero-order valence-corrected chi connectivity index (χ0v) is 18.7. The van der Waals surface area contributed by atoms with Gasteiger partial charge >= 0.3 is 0 Å². The van der Waals surface area contributed by atoms with E-state index in [-0.39, 0.29) is 38.2 Å². The maximum atomic E-state index is 14.4. The van der Waals surface area contributed by atoms with Crippen LogP contribution in [0.3, 0.4) is 0 Å². The van der Waals surface area contributed by atoms with Gasteiger partial charge in [0.2, 0.25) is 10.0 Å². The Balaban J connectivity index is 1.97. The number of carbonyl (C=O) groups is 1. The second-order valence-electron chi connectivity index (χ2n) is 6.63. The Bertz CT molecular complexity index is 1200. The lowest BCUT2D eigenvalue weighted by molar-refractivity contribution is 0.102. The third-order valence-electron chi connectivity index (χ3n) is 4.72. The van der Waals surface area contributed by atoms with Crippen molar-refractivity contribution in [2.45, 2.75) is 25.7 Å². The smallest absolute Gasteiger partial charge is 0.261 e. The standard InChI is InChI=1S/C21H21ClFN3O4S/c1-4-26(5-2)31(28,29)15-9-6-8-14(12-15)24-21(27)18-13(3)30-25-20(18)19-16(22)10-7-11-17(19)23/h6-12H,4-5H2,1-3H3,(H,24,27). The second kappa shape index (κ2) is 9.17. The first-order chi connectivity index (χ1) is 14.7. The summed E-state index contributed by atoms with van der Waals surface area (Å²) in [7, 11) is -3.70. The van der Waals surface area contributed by atoms with E-state index in [9.17, 15) is 17.6 Å². The number of sulfonamides is 1. The van der Waals surface area contributed by atoms with Crippen LogP contribution in [-0.4, -0.2) is 36.9 Å². The van der Waals surface area contributed by atoms with Crippen molar-refractivity contribution < 1.29 is 22.1 Å². The number of nitrogens with zero attached hydrogens (tertiary/aromatic N) is 2. The minimum absolute atomic E-state index is 0.00371. The highest BCUT2D eigenvalue weighted by molar-refractivity contribution is 7.89. The maximum Gasteiger partial charge on any atom is 0.261 e. The Labute approximate surface area is 184 Å². The van der Waals surface area contributed by atoms with Crippen LogP contribution in [-0.2, 0) is 10.0 Å². The highest BCUT2D eigenvalue weighted by Gasteiger charge is 2.26. The van der Waals surface area contributed by atoms with Crippen LogP contribution in [0.2, 0.25) is 5.02 Å². The minimum atomic E-state index is -3.70. The lowest BCUT2D eigenvalue weighted by Gasteiger charge is -2.18. The van der Waals surface area contributed by atoms with Crippen molar-refractivity contribution in [2.24, 2.45) is 0 Å². The predicted octanol–water partition coefficient (Wildman–Crippen LogP) is 4.73. The number of aryl methyl sites for hydroxylation is 1. The van der Waals surface area contributed by atoms with Crippen LogP contribution in [0.15, 0.2) is 51.9 Å². The van der Waals surface area contributed by atoms with Gasteiger partial charge in [0.25, 0.3) is 5.91 Å². The molecule has 0 unspecified atom stereocenters. The quantitative estimate of drug-likeness (QED) is 0.544.